The van der Waals surface area contributed by atoms with Crippen molar-refractivity contribution in [3.05, 3.63) is 24.0 Å². The Labute approximate surface area is 147 Å². The van der Waals surface area contributed by atoms with E-state index in [2.05, 4.69) is 19.5 Å². The molecule has 0 spiro atoms. The fourth-order valence-corrected chi connectivity index (χ4v) is 3.89. The van der Waals surface area contributed by atoms with Crippen molar-refractivity contribution in [2.24, 2.45) is 0 Å². The van der Waals surface area contributed by atoms with E-state index in [-0.39, 0.29) is 0 Å². The van der Waals surface area contributed by atoms with Crippen molar-refractivity contribution >= 4 is 22.1 Å². The minimum Gasteiger partial charge on any atom is -0.387 e. The van der Waals surface area contributed by atoms with Crippen LogP contribution in [0.4, 0.5) is 4.79 Å². The molecule has 0 aromatic heterocycles. The molecule has 0 saturated carbocycles. The van der Waals surface area contributed by atoms with E-state index in [0.717, 1.165) is 4.90 Å². The van der Waals surface area contributed by atoms with Gasteiger partial charge in [-0.05, 0) is 16.6 Å². The van der Waals surface area contributed by atoms with Crippen LogP contribution in [0, 0.1) is 0 Å². The molecule has 15 heteroatoms. The van der Waals surface area contributed by atoms with Crippen LogP contribution in [0.2, 0.25) is 0 Å². The number of phosphoric ester groups is 1. The number of phosphoric acid groups is 1. The molecule has 3 aliphatic heterocycles. The minimum atomic E-state index is -4.85. The molecular weight excluding hydrogens is 396 g/mol. The van der Waals surface area contributed by atoms with E-state index in [9.17, 15) is 29.0 Å². The van der Waals surface area contributed by atoms with Gasteiger partial charge in [0.25, 0.3) is 0 Å². The van der Waals surface area contributed by atoms with Gasteiger partial charge in [-0.25, -0.2) is 9.36 Å². The first-order chi connectivity index (χ1) is 12.2. The molecule has 7 atom stereocenters. The molecule has 3 aliphatic rings. The molecule has 26 heavy (non-hydrogen) atoms. The van der Waals surface area contributed by atoms with E-state index in [0.29, 0.717) is 5.57 Å². The zero-order valence-corrected chi connectivity index (χ0v) is 14.7. The number of fused-ring (bicyclic) bond motifs is 1. The number of nitrogens with zero attached hydrogens (tertiary/aromatic N) is 1. The lowest BCUT2D eigenvalue weighted by molar-refractivity contribution is -0.0655. The Morgan fingerprint density at radius 2 is 2.12 bits per heavy atom. The van der Waals surface area contributed by atoms with Crippen LogP contribution in [0.5, 0.6) is 0 Å². The molecular formula is C11H16N3O10P2+. The number of aliphatic hydroxyl groups is 2. The summed E-state index contributed by atoms with van der Waals surface area (Å²) in [5, 5.41) is 25.7. The van der Waals surface area contributed by atoms with E-state index >= 15 is 0 Å². The summed E-state index contributed by atoms with van der Waals surface area (Å²) in [6.07, 6.45) is -1.31. The van der Waals surface area contributed by atoms with Crippen LogP contribution in [0.25, 0.3) is 0 Å². The zero-order chi connectivity index (χ0) is 19.1. The normalized spacial score (nSPS) is 36.1. The van der Waals surface area contributed by atoms with E-state index in [1.165, 1.54) is 6.20 Å². The second-order valence-electron chi connectivity index (χ2n) is 5.55. The minimum absolute atomic E-state index is 0.403. The van der Waals surface area contributed by atoms with Crippen molar-refractivity contribution in [2.45, 2.75) is 30.7 Å². The molecule has 0 aromatic carbocycles. The first-order valence-electron chi connectivity index (χ1n) is 7.26. The Morgan fingerprint density at radius 1 is 1.38 bits per heavy atom. The second-order valence-corrected chi connectivity index (χ2v) is 7.87. The van der Waals surface area contributed by atoms with Gasteiger partial charge < -0.3 is 25.6 Å². The van der Waals surface area contributed by atoms with Gasteiger partial charge in [-0.3, -0.25) is 14.3 Å². The summed E-state index contributed by atoms with van der Waals surface area (Å²) >= 11 is 0. The lowest BCUT2D eigenvalue weighted by atomic mass is 10.1. The van der Waals surface area contributed by atoms with Crippen molar-refractivity contribution in [3.8, 4) is 0 Å². The molecule has 7 unspecified atom stereocenters. The summed E-state index contributed by atoms with van der Waals surface area (Å²) < 4.78 is 35.5. The highest BCUT2D eigenvalue weighted by molar-refractivity contribution is 7.55. The lowest BCUT2D eigenvalue weighted by Gasteiger charge is -2.33. The maximum Gasteiger partial charge on any atom is 0.705 e. The molecule has 1 saturated heterocycles. The zero-order valence-electron chi connectivity index (χ0n) is 12.9. The van der Waals surface area contributed by atoms with Crippen LogP contribution in [-0.4, -0.2) is 68.2 Å². The summed E-state index contributed by atoms with van der Waals surface area (Å²) in [5.74, 6) is 0. The van der Waals surface area contributed by atoms with E-state index in [4.69, 9.17) is 9.63 Å². The third-order valence-corrected chi connectivity index (χ3v) is 5.71. The average molecular weight is 412 g/mol. The van der Waals surface area contributed by atoms with Gasteiger partial charge in [0.15, 0.2) is 6.23 Å². The summed E-state index contributed by atoms with van der Waals surface area (Å²) in [5.41, 5.74) is 0.689. The molecule has 0 aromatic rings. The highest BCUT2D eigenvalue weighted by Crippen LogP contribution is 2.51. The fraction of sp³-hybridized carbons (Fsp3) is 0.545. The van der Waals surface area contributed by atoms with Crippen LogP contribution in [0.1, 0.15) is 0 Å². The molecule has 6 N–H and O–H groups in total. The Kier molecular flexibility index (Phi) is 5.45. The molecule has 0 aliphatic carbocycles. The maximum absolute atomic E-state index is 12.2. The fourth-order valence-electron chi connectivity index (χ4n) is 2.66. The van der Waals surface area contributed by atoms with E-state index < -0.39 is 59.4 Å². The molecule has 3 heterocycles. The summed E-state index contributed by atoms with van der Waals surface area (Å²) in [4.78, 5) is 30.9. The Morgan fingerprint density at radius 3 is 2.81 bits per heavy atom. The topological polar surface area (TPSA) is 187 Å². The number of ether oxygens (including phenoxy) is 1. The number of carbonyl (C=O) groups excluding carboxylic acids is 1. The van der Waals surface area contributed by atoms with Crippen molar-refractivity contribution in [2.75, 3.05) is 6.61 Å². The number of carbonyl (C=O) groups is 1. The Hall–Kier alpha value is -1.40. The van der Waals surface area contributed by atoms with Gasteiger partial charge in [0.2, 0.25) is 0 Å². The van der Waals surface area contributed by atoms with Gasteiger partial charge in [0.05, 0.1) is 6.61 Å². The SMILES string of the molecule is O=C1NC2NC=CC2=CN1C1OC(COP(=O)(O)O[P+](=O)O)C(O)C1O. The molecule has 3 rings (SSSR count). The van der Waals surface area contributed by atoms with E-state index in [1.54, 1.807) is 12.3 Å². The summed E-state index contributed by atoms with van der Waals surface area (Å²) in [6, 6.07) is -0.596. The van der Waals surface area contributed by atoms with Crippen molar-refractivity contribution in [1.82, 2.24) is 15.5 Å². The number of aliphatic hydroxyl groups excluding tert-OH is 2. The number of hydrogen-bond donors (Lipinski definition) is 6. The van der Waals surface area contributed by atoms with Crippen LogP contribution < -0.4 is 10.6 Å². The first-order valence-corrected chi connectivity index (χ1v) is 9.88. The van der Waals surface area contributed by atoms with Gasteiger partial charge in [-0.1, -0.05) is 0 Å². The van der Waals surface area contributed by atoms with Crippen LogP contribution in [-0.2, 0) is 22.7 Å². The van der Waals surface area contributed by atoms with Crippen LogP contribution in [0.15, 0.2) is 24.0 Å². The molecule has 13 nitrogen and oxygen atoms in total. The van der Waals surface area contributed by atoms with Crippen molar-refractivity contribution < 1.29 is 47.5 Å². The van der Waals surface area contributed by atoms with Crippen molar-refractivity contribution in [3.63, 3.8) is 0 Å². The van der Waals surface area contributed by atoms with Gasteiger partial charge in [0, 0.05) is 16.3 Å². The largest absolute Gasteiger partial charge is 0.705 e. The average Bonchev–Trinajstić information content (AvgIpc) is 3.09. The molecule has 0 bridgehead atoms. The predicted octanol–water partition coefficient (Wildman–Crippen LogP) is -1.43. The lowest BCUT2D eigenvalue weighted by Crippen LogP contribution is -2.56. The third kappa shape index (κ3) is 3.96. The quantitative estimate of drug-likeness (QED) is 0.281. The van der Waals surface area contributed by atoms with Gasteiger partial charge in [-0.2, -0.15) is 0 Å². The Balaban J connectivity index is 1.67. The van der Waals surface area contributed by atoms with Gasteiger partial charge in [0.1, 0.15) is 24.5 Å². The standard InChI is InChI=1S/C11H15N3O10P2/c15-7-6(4-22-26(20,21)24-25(18)19)23-10(8(7)16)14-3-5-1-2-12-9(5)13-11(14)17/h1-3,6-10,12,15-16H,4H2,(H2-,13,17,18,19,20,21)/p+1. The number of hydrogen-bond acceptors (Lipinski definition) is 9. The summed E-state index contributed by atoms with van der Waals surface area (Å²) in [6.45, 7) is -0.734. The Bertz CT molecular complexity index is 714. The number of urea groups is 1. The highest BCUT2D eigenvalue weighted by atomic mass is 31.2. The maximum atomic E-state index is 12.2. The number of amides is 2. The smallest absolute Gasteiger partial charge is 0.387 e. The summed E-state index contributed by atoms with van der Waals surface area (Å²) in [7, 11) is -8.24. The first kappa shape index (κ1) is 19.4. The number of rotatable bonds is 6. The van der Waals surface area contributed by atoms with Gasteiger partial charge in [-0.15, -0.1) is 4.89 Å². The van der Waals surface area contributed by atoms with Gasteiger partial charge >= 0.3 is 22.1 Å². The molecule has 0 radical (unpaired) electrons. The molecule has 144 valence electrons. The van der Waals surface area contributed by atoms with Crippen molar-refractivity contribution in [1.29, 1.82) is 0 Å². The van der Waals surface area contributed by atoms with Crippen LogP contribution >= 0.6 is 16.1 Å². The monoisotopic (exact) mass is 412 g/mol. The van der Waals surface area contributed by atoms with E-state index in [1.807, 2.05) is 0 Å². The molecule has 1 fully saturated rings. The highest BCUT2D eigenvalue weighted by Gasteiger charge is 2.49. The second kappa shape index (κ2) is 7.31. The molecule has 2 amide bonds. The number of nitrogens with one attached hydrogen (secondary N) is 2. The van der Waals surface area contributed by atoms with Crippen LogP contribution in [0.3, 0.4) is 0 Å². The predicted molar refractivity (Wildman–Crippen MR) is 81.9 cm³/mol. The third-order valence-electron chi connectivity index (χ3n) is 3.85.